The van der Waals surface area contributed by atoms with Crippen molar-refractivity contribution in [3.05, 3.63) is 29.3 Å². The fourth-order valence-corrected chi connectivity index (χ4v) is 2.32. The first-order valence-corrected chi connectivity index (χ1v) is 6.23. The molecule has 1 N–H and O–H groups in total. The van der Waals surface area contributed by atoms with Gasteiger partial charge in [0.25, 0.3) is 0 Å². The average molecular weight is 248 g/mol. The molecule has 4 heteroatoms. The summed E-state index contributed by atoms with van der Waals surface area (Å²) in [6.45, 7) is 3.46. The molecule has 1 heterocycles. The standard InChI is InChI=1S/C14H20N2O2/c1-10-4-5-13(18-3)11(8-10)12-9-16(2)14(17)6-7-15-12/h4-5,8,12,15H,6-7,9H2,1-3H3. The Morgan fingerprint density at radius 1 is 1.44 bits per heavy atom. The van der Waals surface area contributed by atoms with Gasteiger partial charge in [-0.05, 0) is 13.0 Å². The summed E-state index contributed by atoms with van der Waals surface area (Å²) < 4.78 is 5.41. The molecule has 1 aromatic rings. The molecule has 0 aliphatic carbocycles. The summed E-state index contributed by atoms with van der Waals surface area (Å²) in [5, 5.41) is 3.42. The van der Waals surface area contributed by atoms with E-state index in [-0.39, 0.29) is 11.9 Å². The molecule has 1 aromatic carbocycles. The lowest BCUT2D eigenvalue weighted by Gasteiger charge is -2.23. The second kappa shape index (κ2) is 5.40. The first kappa shape index (κ1) is 12.9. The maximum Gasteiger partial charge on any atom is 0.223 e. The summed E-state index contributed by atoms with van der Waals surface area (Å²) in [4.78, 5) is 13.5. The molecular formula is C14H20N2O2. The molecule has 18 heavy (non-hydrogen) atoms. The maximum absolute atomic E-state index is 11.7. The number of rotatable bonds is 2. The summed E-state index contributed by atoms with van der Waals surface area (Å²) in [7, 11) is 3.53. The molecule has 1 saturated heterocycles. The molecule has 1 unspecified atom stereocenters. The van der Waals surface area contributed by atoms with Gasteiger partial charge >= 0.3 is 0 Å². The summed E-state index contributed by atoms with van der Waals surface area (Å²) >= 11 is 0. The van der Waals surface area contributed by atoms with Gasteiger partial charge in [-0.2, -0.15) is 0 Å². The highest BCUT2D eigenvalue weighted by molar-refractivity contribution is 5.76. The number of aryl methyl sites for hydroxylation is 1. The Morgan fingerprint density at radius 2 is 2.22 bits per heavy atom. The van der Waals surface area contributed by atoms with E-state index in [2.05, 4.69) is 18.3 Å². The minimum Gasteiger partial charge on any atom is -0.496 e. The minimum atomic E-state index is 0.135. The highest BCUT2D eigenvalue weighted by atomic mass is 16.5. The van der Waals surface area contributed by atoms with Gasteiger partial charge in [-0.1, -0.05) is 17.7 Å². The Morgan fingerprint density at radius 3 is 2.94 bits per heavy atom. The number of benzene rings is 1. The van der Waals surface area contributed by atoms with E-state index in [1.54, 1.807) is 12.0 Å². The van der Waals surface area contributed by atoms with E-state index in [4.69, 9.17) is 4.74 Å². The Labute approximate surface area is 108 Å². The highest BCUT2D eigenvalue weighted by Gasteiger charge is 2.23. The lowest BCUT2D eigenvalue weighted by Crippen LogP contribution is -2.31. The molecule has 4 nitrogen and oxygen atoms in total. The SMILES string of the molecule is COc1ccc(C)cc1C1CN(C)C(=O)CCN1. The summed E-state index contributed by atoms with van der Waals surface area (Å²) in [6, 6.07) is 6.28. The van der Waals surface area contributed by atoms with Gasteiger partial charge in [0.1, 0.15) is 5.75 Å². The second-order valence-corrected chi connectivity index (χ2v) is 4.78. The van der Waals surface area contributed by atoms with Crippen LogP contribution >= 0.6 is 0 Å². The topological polar surface area (TPSA) is 41.6 Å². The van der Waals surface area contributed by atoms with Crippen molar-refractivity contribution in [2.24, 2.45) is 0 Å². The zero-order chi connectivity index (χ0) is 13.1. The van der Waals surface area contributed by atoms with Crippen molar-refractivity contribution in [1.82, 2.24) is 10.2 Å². The molecule has 98 valence electrons. The van der Waals surface area contributed by atoms with E-state index in [1.807, 2.05) is 19.2 Å². The van der Waals surface area contributed by atoms with Crippen LogP contribution in [0.3, 0.4) is 0 Å². The van der Waals surface area contributed by atoms with Gasteiger partial charge in [0.05, 0.1) is 13.2 Å². The molecule has 0 bridgehead atoms. The van der Waals surface area contributed by atoms with Crippen LogP contribution in [0, 0.1) is 6.92 Å². The molecule has 1 aliphatic heterocycles. The van der Waals surface area contributed by atoms with Gasteiger partial charge in [0.15, 0.2) is 0 Å². The Bertz CT molecular complexity index is 445. The number of hydrogen-bond acceptors (Lipinski definition) is 3. The molecule has 1 amide bonds. The zero-order valence-electron chi connectivity index (χ0n) is 11.2. The quantitative estimate of drug-likeness (QED) is 0.862. The number of nitrogens with zero attached hydrogens (tertiary/aromatic N) is 1. The molecule has 0 aromatic heterocycles. The van der Waals surface area contributed by atoms with Crippen molar-refractivity contribution in [3.8, 4) is 5.75 Å². The van der Waals surface area contributed by atoms with Crippen LogP contribution in [-0.4, -0.2) is 38.1 Å². The van der Waals surface area contributed by atoms with Crippen LogP contribution in [0.15, 0.2) is 18.2 Å². The molecule has 1 fully saturated rings. The van der Waals surface area contributed by atoms with Crippen LogP contribution in [0.2, 0.25) is 0 Å². The van der Waals surface area contributed by atoms with Crippen molar-refractivity contribution in [2.45, 2.75) is 19.4 Å². The van der Waals surface area contributed by atoms with Gasteiger partial charge in [-0.25, -0.2) is 0 Å². The van der Waals surface area contributed by atoms with E-state index < -0.39 is 0 Å². The molecular weight excluding hydrogens is 228 g/mol. The number of amides is 1. The average Bonchev–Trinajstić information content (AvgIpc) is 2.52. The van der Waals surface area contributed by atoms with Gasteiger partial charge < -0.3 is 15.0 Å². The number of carbonyl (C=O) groups excluding carboxylic acids is 1. The van der Waals surface area contributed by atoms with Crippen LogP contribution in [0.1, 0.15) is 23.6 Å². The highest BCUT2D eigenvalue weighted by Crippen LogP contribution is 2.27. The third kappa shape index (κ3) is 2.64. The van der Waals surface area contributed by atoms with E-state index in [1.165, 1.54) is 5.56 Å². The maximum atomic E-state index is 11.7. The Balaban J connectivity index is 2.29. The van der Waals surface area contributed by atoms with Crippen molar-refractivity contribution in [2.75, 3.05) is 27.2 Å². The molecule has 0 saturated carbocycles. The minimum absolute atomic E-state index is 0.135. The van der Waals surface area contributed by atoms with Crippen LogP contribution in [0.5, 0.6) is 5.75 Å². The second-order valence-electron chi connectivity index (χ2n) is 4.78. The van der Waals surface area contributed by atoms with Crippen LogP contribution in [0.4, 0.5) is 0 Å². The third-order valence-corrected chi connectivity index (χ3v) is 3.37. The molecule has 1 atom stereocenters. The van der Waals surface area contributed by atoms with E-state index >= 15 is 0 Å². The van der Waals surface area contributed by atoms with Crippen molar-refractivity contribution >= 4 is 5.91 Å². The fraction of sp³-hybridized carbons (Fsp3) is 0.500. The van der Waals surface area contributed by atoms with Crippen LogP contribution in [0.25, 0.3) is 0 Å². The lowest BCUT2D eigenvalue weighted by atomic mass is 10.0. The monoisotopic (exact) mass is 248 g/mol. The zero-order valence-corrected chi connectivity index (χ0v) is 11.2. The summed E-state index contributed by atoms with van der Waals surface area (Å²) in [5.41, 5.74) is 2.32. The number of hydrogen-bond donors (Lipinski definition) is 1. The molecule has 2 rings (SSSR count). The predicted molar refractivity (Wildman–Crippen MR) is 70.7 cm³/mol. The van der Waals surface area contributed by atoms with E-state index in [9.17, 15) is 4.79 Å². The van der Waals surface area contributed by atoms with Gasteiger partial charge in [-0.3, -0.25) is 4.79 Å². The normalized spacial score (nSPS) is 20.7. The largest absolute Gasteiger partial charge is 0.496 e. The van der Waals surface area contributed by atoms with Crippen LogP contribution in [-0.2, 0) is 4.79 Å². The molecule has 0 spiro atoms. The molecule has 0 radical (unpaired) electrons. The summed E-state index contributed by atoms with van der Waals surface area (Å²) in [5.74, 6) is 1.07. The smallest absolute Gasteiger partial charge is 0.223 e. The lowest BCUT2D eigenvalue weighted by molar-refractivity contribution is -0.129. The first-order valence-electron chi connectivity index (χ1n) is 6.23. The molecule has 1 aliphatic rings. The van der Waals surface area contributed by atoms with E-state index in [0.717, 1.165) is 11.3 Å². The third-order valence-electron chi connectivity index (χ3n) is 3.37. The number of likely N-dealkylation sites (N-methyl/N-ethyl adjacent to an activating group) is 1. The number of methoxy groups -OCH3 is 1. The van der Waals surface area contributed by atoms with Crippen molar-refractivity contribution in [3.63, 3.8) is 0 Å². The van der Waals surface area contributed by atoms with Gasteiger partial charge in [0.2, 0.25) is 5.91 Å². The van der Waals surface area contributed by atoms with Crippen molar-refractivity contribution < 1.29 is 9.53 Å². The number of ether oxygens (including phenoxy) is 1. The Kier molecular flexibility index (Phi) is 3.87. The first-order chi connectivity index (χ1) is 8.61. The van der Waals surface area contributed by atoms with Gasteiger partial charge in [-0.15, -0.1) is 0 Å². The van der Waals surface area contributed by atoms with E-state index in [0.29, 0.717) is 19.5 Å². The predicted octanol–water partition coefficient (Wildman–Crippen LogP) is 1.50. The number of carbonyl (C=O) groups is 1. The number of nitrogens with one attached hydrogen (secondary N) is 1. The summed E-state index contributed by atoms with van der Waals surface area (Å²) in [6.07, 6.45) is 0.557. The van der Waals surface area contributed by atoms with Crippen LogP contribution < -0.4 is 10.1 Å². The van der Waals surface area contributed by atoms with Crippen molar-refractivity contribution in [1.29, 1.82) is 0 Å². The fourth-order valence-electron chi connectivity index (χ4n) is 2.32. The van der Waals surface area contributed by atoms with Gasteiger partial charge in [0, 0.05) is 32.1 Å². The Hall–Kier alpha value is -1.55.